The van der Waals surface area contributed by atoms with Crippen molar-refractivity contribution < 1.29 is 14.6 Å². The van der Waals surface area contributed by atoms with Gasteiger partial charge in [0.1, 0.15) is 0 Å². The molecule has 0 aromatic rings. The lowest BCUT2D eigenvalue weighted by Crippen LogP contribution is -1.80. The predicted octanol–water partition coefficient (Wildman–Crippen LogP) is 0.958. The first kappa shape index (κ1) is 12.1. The number of ether oxygens (including phenoxy) is 1. The SMILES string of the molecule is CCCCO.CCOC=O. The van der Waals surface area contributed by atoms with Gasteiger partial charge in [0.25, 0.3) is 6.47 Å². The summed E-state index contributed by atoms with van der Waals surface area (Å²) in [6.45, 7) is 5.06. The van der Waals surface area contributed by atoms with Gasteiger partial charge >= 0.3 is 0 Å². The van der Waals surface area contributed by atoms with E-state index in [0.717, 1.165) is 12.8 Å². The molecule has 0 fully saturated rings. The molecule has 0 aliphatic heterocycles. The Hall–Kier alpha value is -0.570. The molecule has 10 heavy (non-hydrogen) atoms. The van der Waals surface area contributed by atoms with E-state index in [1.165, 1.54) is 0 Å². The first-order chi connectivity index (χ1) is 4.83. The quantitative estimate of drug-likeness (QED) is 0.604. The molecule has 0 aromatic heterocycles. The lowest BCUT2D eigenvalue weighted by Gasteiger charge is -1.79. The van der Waals surface area contributed by atoms with Gasteiger partial charge in [0.15, 0.2) is 0 Å². The maximum absolute atomic E-state index is 9.18. The Morgan fingerprint density at radius 2 is 2.10 bits per heavy atom. The van der Waals surface area contributed by atoms with Gasteiger partial charge in [0, 0.05) is 6.61 Å². The second-order valence-corrected chi connectivity index (χ2v) is 1.63. The van der Waals surface area contributed by atoms with Crippen molar-refractivity contribution in [1.82, 2.24) is 0 Å². The summed E-state index contributed by atoms with van der Waals surface area (Å²) in [6.07, 6.45) is 2.04. The third-order valence-corrected chi connectivity index (χ3v) is 0.746. The van der Waals surface area contributed by atoms with E-state index in [0.29, 0.717) is 19.7 Å². The number of carbonyl (C=O) groups is 1. The maximum Gasteiger partial charge on any atom is 0.293 e. The van der Waals surface area contributed by atoms with Gasteiger partial charge in [-0.1, -0.05) is 13.3 Å². The molecule has 0 radical (unpaired) electrons. The standard InChI is InChI=1S/C4H10O.C3H6O2/c1-2-3-4-5;1-2-5-3-4/h5H,2-4H2,1H3;3H,2H2,1H3. The monoisotopic (exact) mass is 148 g/mol. The van der Waals surface area contributed by atoms with Crippen LogP contribution in [0.3, 0.4) is 0 Å². The third kappa shape index (κ3) is 26.1. The van der Waals surface area contributed by atoms with Crippen LogP contribution in [0.5, 0.6) is 0 Å². The molecule has 0 bridgehead atoms. The Bertz CT molecular complexity index is 52.8. The number of aliphatic hydroxyl groups excluding tert-OH is 1. The lowest BCUT2D eigenvalue weighted by molar-refractivity contribution is -0.128. The minimum atomic E-state index is 0.344. The smallest absolute Gasteiger partial charge is 0.293 e. The maximum atomic E-state index is 9.18. The van der Waals surface area contributed by atoms with Crippen molar-refractivity contribution >= 4 is 6.47 Å². The van der Waals surface area contributed by atoms with Crippen molar-refractivity contribution in [3.05, 3.63) is 0 Å². The van der Waals surface area contributed by atoms with E-state index in [1.807, 2.05) is 0 Å². The minimum Gasteiger partial charge on any atom is -0.468 e. The average Bonchev–Trinajstić information content (AvgIpc) is 1.93. The molecule has 0 rings (SSSR count). The highest BCUT2D eigenvalue weighted by Gasteiger charge is 1.69. The van der Waals surface area contributed by atoms with Gasteiger partial charge in [-0.2, -0.15) is 0 Å². The van der Waals surface area contributed by atoms with Crippen LogP contribution in [0.4, 0.5) is 0 Å². The summed E-state index contributed by atoms with van der Waals surface area (Å²) in [5, 5.41) is 8.07. The number of rotatable bonds is 4. The van der Waals surface area contributed by atoms with E-state index in [-0.39, 0.29) is 0 Å². The Balaban J connectivity index is 0. The van der Waals surface area contributed by atoms with Crippen LogP contribution in [0.25, 0.3) is 0 Å². The highest BCUT2D eigenvalue weighted by molar-refractivity contribution is 5.36. The third-order valence-electron chi connectivity index (χ3n) is 0.746. The average molecular weight is 148 g/mol. The molecule has 0 heterocycles. The molecule has 0 amide bonds. The van der Waals surface area contributed by atoms with Crippen LogP contribution in [0, 0.1) is 0 Å². The van der Waals surface area contributed by atoms with Gasteiger partial charge in [0.05, 0.1) is 6.61 Å². The summed E-state index contributed by atoms with van der Waals surface area (Å²) in [6, 6.07) is 0. The van der Waals surface area contributed by atoms with Gasteiger partial charge in [-0.25, -0.2) is 0 Å². The molecule has 0 aromatic carbocycles. The van der Waals surface area contributed by atoms with Gasteiger partial charge in [-0.05, 0) is 13.3 Å². The lowest BCUT2D eigenvalue weighted by atomic mass is 10.4. The van der Waals surface area contributed by atoms with E-state index in [2.05, 4.69) is 11.7 Å². The van der Waals surface area contributed by atoms with E-state index < -0.39 is 0 Å². The Labute approximate surface area is 62.0 Å². The second kappa shape index (κ2) is 15.8. The predicted molar refractivity (Wildman–Crippen MR) is 39.7 cm³/mol. The largest absolute Gasteiger partial charge is 0.468 e. The highest BCUT2D eigenvalue weighted by Crippen LogP contribution is 1.78. The fourth-order valence-corrected chi connectivity index (χ4v) is 0.226. The zero-order chi connectivity index (χ0) is 8.24. The van der Waals surface area contributed by atoms with Crippen molar-refractivity contribution in [2.24, 2.45) is 0 Å². The first-order valence-electron chi connectivity index (χ1n) is 3.49. The summed E-state index contributed by atoms with van der Waals surface area (Å²) in [4.78, 5) is 9.18. The van der Waals surface area contributed by atoms with Crippen LogP contribution >= 0.6 is 0 Å². The molecule has 3 heteroatoms. The van der Waals surface area contributed by atoms with Gasteiger partial charge in [-0.15, -0.1) is 0 Å². The first-order valence-corrected chi connectivity index (χ1v) is 3.49. The van der Waals surface area contributed by atoms with Crippen LogP contribution in [-0.4, -0.2) is 24.8 Å². The van der Waals surface area contributed by atoms with Crippen LogP contribution in [0.2, 0.25) is 0 Å². The fraction of sp³-hybridized carbons (Fsp3) is 0.857. The van der Waals surface area contributed by atoms with Crippen molar-refractivity contribution in [3.63, 3.8) is 0 Å². The van der Waals surface area contributed by atoms with Gasteiger partial charge < -0.3 is 9.84 Å². The molecule has 0 spiro atoms. The summed E-state index contributed by atoms with van der Waals surface area (Å²) in [5.41, 5.74) is 0. The van der Waals surface area contributed by atoms with E-state index in [4.69, 9.17) is 5.11 Å². The highest BCUT2D eigenvalue weighted by atomic mass is 16.5. The Kier molecular flexibility index (Phi) is 19.2. The molecule has 0 unspecified atom stereocenters. The van der Waals surface area contributed by atoms with Crippen LogP contribution in [0.15, 0.2) is 0 Å². The molecule has 0 saturated heterocycles. The molecule has 0 aliphatic rings. The van der Waals surface area contributed by atoms with Crippen molar-refractivity contribution in [1.29, 1.82) is 0 Å². The van der Waals surface area contributed by atoms with Crippen LogP contribution in [0.1, 0.15) is 26.7 Å². The normalized spacial score (nSPS) is 7.50. The van der Waals surface area contributed by atoms with Crippen LogP contribution in [-0.2, 0) is 9.53 Å². The van der Waals surface area contributed by atoms with Crippen molar-refractivity contribution in [3.8, 4) is 0 Å². The number of carbonyl (C=O) groups excluding carboxylic acids is 1. The van der Waals surface area contributed by atoms with Gasteiger partial charge in [0.2, 0.25) is 0 Å². The number of unbranched alkanes of at least 4 members (excludes halogenated alkanes) is 1. The zero-order valence-corrected chi connectivity index (χ0v) is 6.67. The molecule has 0 aliphatic carbocycles. The molecule has 0 saturated carbocycles. The topological polar surface area (TPSA) is 46.5 Å². The fourth-order valence-electron chi connectivity index (χ4n) is 0.226. The molecule has 1 N–H and O–H groups in total. The number of hydrogen-bond acceptors (Lipinski definition) is 3. The van der Waals surface area contributed by atoms with Gasteiger partial charge in [-0.3, -0.25) is 4.79 Å². The summed E-state index contributed by atoms with van der Waals surface area (Å²) in [5.74, 6) is 0. The van der Waals surface area contributed by atoms with Crippen molar-refractivity contribution in [2.75, 3.05) is 13.2 Å². The Morgan fingerprint density at radius 3 is 2.10 bits per heavy atom. The van der Waals surface area contributed by atoms with E-state index in [9.17, 15) is 4.79 Å². The molecular formula is C7H16O3. The summed E-state index contributed by atoms with van der Waals surface area (Å²) in [7, 11) is 0. The second-order valence-electron chi connectivity index (χ2n) is 1.63. The molecule has 62 valence electrons. The van der Waals surface area contributed by atoms with E-state index >= 15 is 0 Å². The summed E-state index contributed by atoms with van der Waals surface area (Å²) >= 11 is 0. The van der Waals surface area contributed by atoms with Crippen LogP contribution < -0.4 is 0 Å². The summed E-state index contributed by atoms with van der Waals surface area (Å²) < 4.78 is 4.15. The number of aliphatic hydroxyl groups is 1. The molecule has 0 atom stereocenters. The molecule has 3 nitrogen and oxygen atoms in total. The molecular weight excluding hydrogens is 132 g/mol. The minimum absolute atomic E-state index is 0.344. The Morgan fingerprint density at radius 1 is 1.50 bits per heavy atom. The zero-order valence-electron chi connectivity index (χ0n) is 6.67. The van der Waals surface area contributed by atoms with Crippen molar-refractivity contribution in [2.45, 2.75) is 26.7 Å². The number of hydrogen-bond donors (Lipinski definition) is 1. The van der Waals surface area contributed by atoms with E-state index in [1.54, 1.807) is 6.92 Å².